The number of nitrogens with one attached hydrogen (secondary N) is 2. The monoisotopic (exact) mass is 258 g/mol. The topological polar surface area (TPSA) is 82.2 Å². The lowest BCUT2D eigenvalue weighted by Crippen LogP contribution is -2.15. The maximum Gasteiger partial charge on any atom is 0.336 e. The molecule has 1 unspecified atom stereocenters. The summed E-state index contributed by atoms with van der Waals surface area (Å²) in [4.78, 5) is 24.8. The molecule has 5 nitrogen and oxygen atoms in total. The van der Waals surface area contributed by atoms with Gasteiger partial charge in [-0.3, -0.25) is 4.79 Å². The van der Waals surface area contributed by atoms with Crippen LogP contribution in [0.3, 0.4) is 0 Å². The van der Waals surface area contributed by atoms with Crippen LogP contribution in [0.4, 0.5) is 5.82 Å². The van der Waals surface area contributed by atoms with E-state index in [1.54, 1.807) is 0 Å². The van der Waals surface area contributed by atoms with E-state index in [4.69, 9.17) is 5.11 Å². The van der Waals surface area contributed by atoms with Crippen molar-refractivity contribution in [3.8, 4) is 0 Å². The summed E-state index contributed by atoms with van der Waals surface area (Å²) in [6.07, 6.45) is 0. The van der Waals surface area contributed by atoms with Gasteiger partial charge in [-0.1, -0.05) is 30.3 Å². The molecule has 0 aliphatic rings. The van der Waals surface area contributed by atoms with E-state index in [0.717, 1.165) is 11.6 Å². The van der Waals surface area contributed by atoms with E-state index in [2.05, 4.69) is 10.3 Å². The molecular weight excluding hydrogens is 244 g/mol. The average molecular weight is 258 g/mol. The number of carbonyl (C=O) groups is 1. The fourth-order valence-electron chi connectivity index (χ4n) is 1.80. The molecule has 1 atom stereocenters. The molecule has 3 N–H and O–H groups in total. The highest BCUT2D eigenvalue weighted by Crippen LogP contribution is 2.17. The Balaban J connectivity index is 2.24. The first-order valence-electron chi connectivity index (χ1n) is 5.85. The van der Waals surface area contributed by atoms with Crippen molar-refractivity contribution in [3.05, 3.63) is 63.9 Å². The van der Waals surface area contributed by atoms with Gasteiger partial charge >= 0.3 is 5.97 Å². The van der Waals surface area contributed by atoms with Crippen molar-refractivity contribution < 1.29 is 9.90 Å². The van der Waals surface area contributed by atoms with E-state index in [-0.39, 0.29) is 11.6 Å². The van der Waals surface area contributed by atoms with E-state index in [0.29, 0.717) is 5.82 Å². The maximum atomic E-state index is 11.4. The second kappa shape index (κ2) is 5.39. The molecule has 19 heavy (non-hydrogen) atoms. The van der Waals surface area contributed by atoms with Crippen LogP contribution in [0.25, 0.3) is 0 Å². The molecule has 0 radical (unpaired) electrons. The molecule has 0 aliphatic carbocycles. The molecule has 2 rings (SSSR count). The number of aromatic amines is 1. The van der Waals surface area contributed by atoms with E-state index in [1.165, 1.54) is 6.07 Å². The summed E-state index contributed by atoms with van der Waals surface area (Å²) in [5.74, 6) is -0.734. The normalized spacial score (nSPS) is 11.8. The first-order valence-corrected chi connectivity index (χ1v) is 5.85. The van der Waals surface area contributed by atoms with E-state index in [9.17, 15) is 9.59 Å². The smallest absolute Gasteiger partial charge is 0.336 e. The lowest BCUT2D eigenvalue weighted by Gasteiger charge is -2.15. The zero-order valence-corrected chi connectivity index (χ0v) is 10.4. The van der Waals surface area contributed by atoms with Gasteiger partial charge in [-0.15, -0.1) is 0 Å². The van der Waals surface area contributed by atoms with E-state index < -0.39 is 11.5 Å². The Labute approximate surface area is 109 Å². The third kappa shape index (κ3) is 3.22. The van der Waals surface area contributed by atoms with E-state index >= 15 is 0 Å². The van der Waals surface area contributed by atoms with Crippen molar-refractivity contribution in [1.82, 2.24) is 4.98 Å². The number of aromatic carboxylic acids is 1. The highest BCUT2D eigenvalue weighted by molar-refractivity contribution is 5.88. The highest BCUT2D eigenvalue weighted by Gasteiger charge is 2.09. The largest absolute Gasteiger partial charge is 0.478 e. The molecule has 1 aromatic carbocycles. The number of rotatable bonds is 4. The van der Waals surface area contributed by atoms with Gasteiger partial charge in [-0.25, -0.2) is 4.79 Å². The fourth-order valence-corrected chi connectivity index (χ4v) is 1.80. The highest BCUT2D eigenvalue weighted by atomic mass is 16.4. The lowest BCUT2D eigenvalue weighted by atomic mass is 10.1. The van der Waals surface area contributed by atoms with Gasteiger partial charge in [0.1, 0.15) is 5.82 Å². The second-order valence-electron chi connectivity index (χ2n) is 4.23. The minimum atomic E-state index is -1.12. The van der Waals surface area contributed by atoms with Crippen molar-refractivity contribution >= 4 is 11.8 Å². The molecule has 5 heteroatoms. The fraction of sp³-hybridized carbons (Fsp3) is 0.143. The van der Waals surface area contributed by atoms with Gasteiger partial charge in [0.2, 0.25) is 5.56 Å². The quantitative estimate of drug-likeness (QED) is 0.785. The number of pyridine rings is 1. The first-order chi connectivity index (χ1) is 9.06. The van der Waals surface area contributed by atoms with Gasteiger partial charge in [0.25, 0.3) is 0 Å². The van der Waals surface area contributed by atoms with Crippen molar-refractivity contribution in [2.75, 3.05) is 5.32 Å². The summed E-state index contributed by atoms with van der Waals surface area (Å²) < 4.78 is 0. The number of H-pyrrole nitrogens is 1. The molecule has 0 saturated heterocycles. The van der Waals surface area contributed by atoms with Crippen LogP contribution in [0.5, 0.6) is 0 Å². The summed E-state index contributed by atoms with van der Waals surface area (Å²) in [7, 11) is 0. The Bertz CT molecular complexity index is 635. The predicted molar refractivity (Wildman–Crippen MR) is 72.5 cm³/mol. The summed E-state index contributed by atoms with van der Waals surface area (Å²) in [6.45, 7) is 1.93. The Morgan fingerprint density at radius 2 is 1.95 bits per heavy atom. The number of hydrogen-bond donors (Lipinski definition) is 3. The molecular formula is C14H14N2O3. The molecule has 0 amide bonds. The van der Waals surface area contributed by atoms with Crippen molar-refractivity contribution in [1.29, 1.82) is 0 Å². The zero-order chi connectivity index (χ0) is 13.8. The van der Waals surface area contributed by atoms with Gasteiger partial charge in [-0.05, 0) is 18.6 Å². The molecule has 98 valence electrons. The molecule has 0 fully saturated rings. The van der Waals surface area contributed by atoms with Crippen LogP contribution in [0.15, 0.2) is 47.3 Å². The lowest BCUT2D eigenvalue weighted by molar-refractivity contribution is 0.0696. The molecule has 0 aliphatic heterocycles. The SMILES string of the molecule is CC(Nc1cc(C(=O)O)cc(=O)[nH]1)c1ccccc1. The summed E-state index contributed by atoms with van der Waals surface area (Å²) >= 11 is 0. The Morgan fingerprint density at radius 1 is 1.26 bits per heavy atom. The molecule has 1 heterocycles. The minimum Gasteiger partial charge on any atom is -0.478 e. The summed E-state index contributed by atoms with van der Waals surface area (Å²) in [5, 5.41) is 12.0. The van der Waals surface area contributed by atoms with Crippen molar-refractivity contribution in [3.63, 3.8) is 0 Å². The first kappa shape index (κ1) is 12.9. The van der Waals surface area contributed by atoms with Crippen LogP contribution in [-0.2, 0) is 0 Å². The number of hydrogen-bond acceptors (Lipinski definition) is 3. The van der Waals surface area contributed by atoms with Crippen molar-refractivity contribution in [2.45, 2.75) is 13.0 Å². The maximum absolute atomic E-state index is 11.4. The molecule has 0 spiro atoms. The number of anilines is 1. The van der Waals surface area contributed by atoms with Crippen LogP contribution < -0.4 is 10.9 Å². The van der Waals surface area contributed by atoms with Gasteiger partial charge in [-0.2, -0.15) is 0 Å². The second-order valence-corrected chi connectivity index (χ2v) is 4.23. The van der Waals surface area contributed by atoms with Crippen LogP contribution in [0.1, 0.15) is 28.9 Å². The molecule has 0 bridgehead atoms. The number of aromatic nitrogens is 1. The summed E-state index contributed by atoms with van der Waals surface area (Å²) in [6, 6.07) is 12.1. The minimum absolute atomic E-state index is 0.0356. The number of carboxylic acids is 1. The molecule has 2 aromatic rings. The number of carboxylic acid groups (broad SMARTS) is 1. The Morgan fingerprint density at radius 3 is 2.58 bits per heavy atom. The van der Waals surface area contributed by atoms with Crippen LogP contribution >= 0.6 is 0 Å². The van der Waals surface area contributed by atoms with Crippen LogP contribution in [0, 0.1) is 0 Å². The average Bonchev–Trinajstić information content (AvgIpc) is 2.39. The van der Waals surface area contributed by atoms with Gasteiger partial charge in [0.15, 0.2) is 0 Å². The third-order valence-electron chi connectivity index (χ3n) is 2.76. The number of benzene rings is 1. The Kier molecular flexibility index (Phi) is 3.66. The molecule has 1 aromatic heterocycles. The van der Waals surface area contributed by atoms with Gasteiger partial charge in [0, 0.05) is 12.1 Å². The van der Waals surface area contributed by atoms with Gasteiger partial charge < -0.3 is 15.4 Å². The summed E-state index contributed by atoms with van der Waals surface area (Å²) in [5.41, 5.74) is 0.568. The predicted octanol–water partition coefficient (Wildman–Crippen LogP) is 2.25. The van der Waals surface area contributed by atoms with Crippen LogP contribution in [0.2, 0.25) is 0 Å². The Hall–Kier alpha value is -2.56. The van der Waals surface area contributed by atoms with Crippen LogP contribution in [-0.4, -0.2) is 16.1 Å². The zero-order valence-electron chi connectivity index (χ0n) is 10.4. The van der Waals surface area contributed by atoms with Crippen molar-refractivity contribution in [2.24, 2.45) is 0 Å². The molecule has 0 saturated carbocycles. The third-order valence-corrected chi connectivity index (χ3v) is 2.76. The van der Waals surface area contributed by atoms with E-state index in [1.807, 2.05) is 37.3 Å². The van der Waals surface area contributed by atoms with Gasteiger partial charge in [0.05, 0.1) is 5.56 Å². The standard InChI is InChI=1S/C14H14N2O3/c1-9(10-5-3-2-4-6-10)15-12-7-11(14(18)19)8-13(17)16-12/h2-9H,1H3,(H,18,19)(H2,15,16,17).